The van der Waals surface area contributed by atoms with Crippen LogP contribution < -0.4 is 5.64 Å². The van der Waals surface area contributed by atoms with Crippen LogP contribution in [0, 0.1) is 291 Å². The zero-order valence-corrected chi connectivity index (χ0v) is 63.7. The number of fused-ring (bicyclic) bond motifs is 3. The average molecular weight is 1600 g/mol. The monoisotopic (exact) mass is 1600 g/mol. The van der Waals surface area contributed by atoms with Crippen molar-refractivity contribution < 1.29 is 154 Å². The number of nitrogens with zero attached hydrogens (tertiary/aromatic N) is 1. The number of hydrogen-bond acceptors (Lipinski definition) is 23. The minimum Gasteiger partial charge on any atom is -0.456 e. The van der Waals surface area contributed by atoms with Crippen LogP contribution in [0.3, 0.4) is 0 Å². The lowest BCUT2D eigenvalue weighted by atomic mass is 9.81. The molecular formula is C90H140N2O22. The number of methoxy groups -OCH3 is 3. The summed E-state index contributed by atoms with van der Waals surface area (Å²) < 4.78 is 30.0. The Morgan fingerprint density at radius 3 is 1.49 bits per heavy atom. The molecule has 24 heteroatoms. The van der Waals surface area contributed by atoms with Crippen molar-refractivity contribution in [1.82, 2.24) is 10.5 Å². The first-order valence-corrected chi connectivity index (χ1v) is 34.1. The van der Waals surface area contributed by atoms with Crippen molar-refractivity contribution in [3.8, 4) is 261 Å². The van der Waals surface area contributed by atoms with Crippen LogP contribution in [0.5, 0.6) is 0 Å². The summed E-state index contributed by atoms with van der Waals surface area (Å²) in [6.07, 6.45) is 11.5. The summed E-state index contributed by atoms with van der Waals surface area (Å²) in [5.41, 5.74) is 4.08. The molecule has 642 valence electrons. The maximum Gasteiger partial charge on any atom is 0.329 e. The van der Waals surface area contributed by atoms with E-state index in [4.69, 9.17) is 40.6 Å². The molecule has 114 heavy (non-hydrogen) atoms. The summed E-state index contributed by atoms with van der Waals surface area (Å²) in [5.74, 6) is 99.4. The average Bonchev–Trinajstić information content (AvgIpc) is 0.778. The van der Waals surface area contributed by atoms with Crippen LogP contribution in [-0.2, 0) is 88.1 Å². The summed E-state index contributed by atoms with van der Waals surface area (Å²) in [7, 11) is 4.72. The number of ether oxygens (including phenoxy) is 5. The molecule has 3 fully saturated rings. The van der Waals surface area contributed by atoms with Gasteiger partial charge in [0.05, 0.1) is 24.4 Å². The number of ketones is 2. The second-order valence-corrected chi connectivity index (χ2v) is 23.5. The predicted molar refractivity (Wildman–Crippen MR) is 479 cm³/mol. The number of nitrogens with one attached hydrogen (secondary N) is 1. The smallest absolute Gasteiger partial charge is 0.329 e. The Hall–Kier alpha value is -13.2. The highest BCUT2D eigenvalue weighted by atomic mass is 17.8. The van der Waals surface area contributed by atoms with Gasteiger partial charge in [-0.25, -0.2) is 15.3 Å². The molecule has 0 unspecified atom stereocenters. The van der Waals surface area contributed by atoms with Crippen molar-refractivity contribution in [1.29, 1.82) is 0 Å². The molecule has 1 amide bonds. The van der Waals surface area contributed by atoms with Crippen LogP contribution in [0.1, 0.15) is 158 Å². The maximum absolute atomic E-state index is 14.3. The Morgan fingerprint density at radius 1 is 0.623 bits per heavy atom. The number of carbonyl (C=O) groups is 4. The van der Waals surface area contributed by atoms with Gasteiger partial charge in [-0.15, -0.1) is 13.0 Å². The molecule has 2 bridgehead atoms. The van der Waals surface area contributed by atoms with E-state index in [0.717, 1.165) is 24.0 Å². The quantitative estimate of drug-likeness (QED) is 0.0182. The van der Waals surface area contributed by atoms with Gasteiger partial charge in [0.1, 0.15) is 24.0 Å². The van der Waals surface area contributed by atoms with Crippen molar-refractivity contribution >= 4 is 23.4 Å². The molecule has 3 heterocycles. The largest absolute Gasteiger partial charge is 0.456 e. The first-order valence-electron chi connectivity index (χ1n) is 34.1. The number of carbonyl (C=O) groups excluding carboxylic acids is 4. The molecule has 5 N–H and O–H groups in total. The van der Waals surface area contributed by atoms with Crippen LogP contribution >= 0.6 is 0 Å². The van der Waals surface area contributed by atoms with E-state index in [1.165, 1.54) is 24.8 Å². The van der Waals surface area contributed by atoms with Gasteiger partial charge in [-0.2, -0.15) is 0 Å². The highest BCUT2D eigenvalue weighted by Gasteiger charge is 2.57. The van der Waals surface area contributed by atoms with Gasteiger partial charge in [0.25, 0.3) is 11.7 Å². The third kappa shape index (κ3) is 41.0. The Labute approximate surface area is 714 Å². The summed E-state index contributed by atoms with van der Waals surface area (Å²) in [6.45, 7) is 19.1. The van der Waals surface area contributed by atoms with Crippen LogP contribution in [0.15, 0.2) is 48.1 Å². The number of esters is 1. The minimum absolute atomic E-state index is 0. The van der Waals surface area contributed by atoms with E-state index < -0.39 is 77.8 Å². The van der Waals surface area contributed by atoms with Crippen LogP contribution in [-0.4, -0.2) is 125 Å². The van der Waals surface area contributed by atoms with Gasteiger partial charge in [0, 0.05) is 252 Å². The normalized spacial score (nSPS) is 22.5. The van der Waals surface area contributed by atoms with E-state index in [-0.39, 0.29) is 95.2 Å². The first-order chi connectivity index (χ1) is 55.3. The number of allylic oxidation sites excluding steroid dienone is 4. The van der Waals surface area contributed by atoms with Crippen LogP contribution in [0.4, 0.5) is 0 Å². The fourth-order valence-corrected chi connectivity index (χ4v) is 10.8. The van der Waals surface area contributed by atoms with Crippen molar-refractivity contribution in [2.45, 2.75) is 161 Å². The number of piperidine rings is 1. The second-order valence-electron chi connectivity index (χ2n) is 23.5. The number of amides is 1. The Balaban J connectivity index is -0.0000000473. The number of aliphatic hydroxyl groups excluding tert-OH is 1. The lowest BCUT2D eigenvalue weighted by Gasteiger charge is -2.47. The maximum atomic E-state index is 14.3. The summed E-state index contributed by atoms with van der Waals surface area (Å²) in [4.78, 5) is 65.1. The van der Waals surface area contributed by atoms with E-state index in [1.54, 1.807) is 34.0 Å². The third-order valence-corrected chi connectivity index (χ3v) is 15.8. The topological polar surface area (TPSA) is 294 Å². The van der Waals surface area contributed by atoms with Gasteiger partial charge in [-0.3, -0.25) is 14.4 Å². The van der Waals surface area contributed by atoms with Gasteiger partial charge in [-0.1, -0.05) is 67.0 Å². The molecular weight excluding hydrogens is 1460 g/mol. The van der Waals surface area contributed by atoms with E-state index in [1.807, 2.05) is 26.8 Å². The third-order valence-electron chi connectivity index (χ3n) is 15.8. The highest BCUT2D eigenvalue weighted by Crippen LogP contribution is 2.40. The number of hydrogen-bond donors (Lipinski definition) is 5. The fraction of sp³-hybridized carbons (Fsp3) is 0.378. The molecule has 1 aliphatic carbocycles. The molecule has 0 aromatic carbocycles. The number of Topliss-reactive ketones (excluding diaryl/α,β-unsaturated/α-hetero) is 2. The van der Waals surface area contributed by atoms with Crippen molar-refractivity contribution in [3.63, 3.8) is 0 Å². The van der Waals surface area contributed by atoms with Crippen LogP contribution in [0.2, 0.25) is 0 Å². The first kappa shape index (κ1) is 96.9. The molecule has 24 nitrogen and oxygen atoms in total. The number of terminal acetylenes is 1. The molecule has 3 aliphatic heterocycles. The van der Waals surface area contributed by atoms with E-state index in [2.05, 4.69) is 319 Å². The molecule has 0 radical (unpaired) electrons. The second kappa shape index (κ2) is 61.6. The number of cyclic esters (lactones) is 1. The van der Waals surface area contributed by atoms with E-state index in [0.29, 0.717) is 44.1 Å². The molecule has 0 aromatic rings. The van der Waals surface area contributed by atoms with E-state index in [9.17, 15) is 29.4 Å². The highest BCUT2D eigenvalue weighted by molar-refractivity contribution is 6.39. The van der Waals surface area contributed by atoms with Crippen molar-refractivity contribution in [2.24, 2.45) is 29.6 Å². The Kier molecular flexibility index (Phi) is 52.4. The molecule has 4 rings (SSSR count). The lowest BCUT2D eigenvalue weighted by molar-refractivity contribution is -0.781. The van der Waals surface area contributed by atoms with Gasteiger partial charge >= 0.3 is 5.97 Å². The summed E-state index contributed by atoms with van der Waals surface area (Å²) in [6, 6.07) is -1.12. The Morgan fingerprint density at radius 2 is 1.06 bits per heavy atom. The van der Waals surface area contributed by atoms with Gasteiger partial charge < -0.3 is 38.8 Å². The molecule has 13 atom stereocenters. The standard InChI is InChI=1S/C45H69NO11.C45H4.H3NO11.32H2/c1-11-14-33-20-26(2)19-27(3)21-38(54-9)41-39(55-10)23-30(6)45(52,57-41)42(49)43(50)46-18-13-12-15-34(46)44(51)56-40(31(7)35(47)25-36(33)48)29(5)22-32-17-16-28(4)37(24-32)53-8;1-3-5-7-9-11-13-15-17-19-21-23-25-27-29-31-33-35-37-39-41-43-45-44-42-40-38-36-34-32-30-28-26-24-22-20-18-16-14-12-10-8-6-4-2;2-6-10-8-4-1-5-9-12-11-7-3;;;;;;;;;;;;;;;;;;;;;;;;;;;;;;;;/h11,20,22,27,30-35,37-41,47,52H,1,4,12-19,21,23-25H2,2-3,5-10H3;1H,2H3;1-3H;32*1H/b26-20+,29-22+;;;;;;;;;;;;;;;;;;;;;;;;;;;;;;;;;;/t27-,30+,31+,32-,33+,34-,35-,37+,38-,39-,40+,41+,45+;;;;;;;;;;;;;;;;;;;;;;;;;;;;;;;;;;/m0................................../s1. The lowest BCUT2D eigenvalue weighted by Crippen LogP contribution is -2.64. The molecule has 0 spiro atoms. The molecule has 0 aromatic heterocycles. The number of aliphatic hydroxyl groups is 2. The molecule has 1 saturated carbocycles. The van der Waals surface area contributed by atoms with Gasteiger partial charge in [-0.05, 0) is 244 Å². The molecule has 4 aliphatic rings. The van der Waals surface area contributed by atoms with E-state index >= 15 is 0 Å². The number of rotatable bonds is 16. The fourth-order valence-electron chi connectivity index (χ4n) is 10.8. The minimum atomic E-state index is -2.50. The zero-order valence-electron chi connectivity index (χ0n) is 63.7. The SMILES string of the molecule is C#CC#CC#CC#CC#CC#CC#CC#CC#CC#CC#CC#CC#CC#CC#CC#CC#CC#CC#CC#CC#CC#CC.C=CC[C@@H]1/C=C(\C)C[C@H](C)C[C@H](OC)[C@H]2O[C@@](O)(C(=O)C(=O)N3CCCC[C@H]3C(=O)O[C@H](/C(C)=C/[C@@H]3CCC(=C)[C@H](OC)C3)[C@H](C)[C@@H](O)CC1=O)[C@H](C)C[C@@H]2OC.OOOOONOOOOOO.[HH].[HH].[HH].[HH].[HH].[HH].[HH].[HH].[HH].[HH].[HH].[HH].[HH].[HH].[HH].[HH].[HH].[HH].[HH].[HH].[HH].[HH].[HH].[HH].[HH].[HH].[HH].[HH].[HH].[HH].[HH].[HH]. The van der Waals surface area contributed by atoms with Crippen molar-refractivity contribution in [2.75, 3.05) is 27.9 Å². The van der Waals surface area contributed by atoms with Crippen molar-refractivity contribution in [3.05, 3.63) is 48.1 Å². The predicted octanol–water partition coefficient (Wildman–Crippen LogP) is 13.3. The molecule has 2 saturated heterocycles. The summed E-state index contributed by atoms with van der Waals surface area (Å²) in [5, 5.41) is 61.1. The van der Waals surface area contributed by atoms with Crippen LogP contribution in [0.25, 0.3) is 0 Å². The van der Waals surface area contributed by atoms with Gasteiger partial charge in [0.15, 0.2) is 0 Å². The summed E-state index contributed by atoms with van der Waals surface area (Å²) >= 11 is 0. The Bertz CT molecular complexity index is 5100. The van der Waals surface area contributed by atoms with Gasteiger partial charge in [0.2, 0.25) is 5.79 Å². The zero-order chi connectivity index (χ0) is 83.7.